The minimum Gasteiger partial charge on any atom is -0.375 e. The van der Waals surface area contributed by atoms with Gasteiger partial charge in [0.2, 0.25) is 0 Å². The van der Waals surface area contributed by atoms with Crippen LogP contribution in [0.15, 0.2) is 54.0 Å². The molecule has 4 rings (SSSR count). The van der Waals surface area contributed by atoms with Crippen molar-refractivity contribution in [3.8, 4) is 0 Å². The first-order valence-corrected chi connectivity index (χ1v) is 9.27. The van der Waals surface area contributed by atoms with Crippen LogP contribution in [0.3, 0.4) is 0 Å². The lowest BCUT2D eigenvalue weighted by atomic mass is 9.70. The summed E-state index contributed by atoms with van der Waals surface area (Å²) in [4.78, 5) is 22.1. The van der Waals surface area contributed by atoms with Crippen molar-refractivity contribution in [1.29, 1.82) is 0 Å². The van der Waals surface area contributed by atoms with Crippen molar-refractivity contribution in [3.05, 3.63) is 71.0 Å². The average molecular weight is 352 g/mol. The summed E-state index contributed by atoms with van der Waals surface area (Å²) in [6.07, 6.45) is 3.46. The number of carbonyl (C=O) groups is 1. The predicted molar refractivity (Wildman–Crippen MR) is 99.7 cm³/mol. The van der Waals surface area contributed by atoms with Crippen molar-refractivity contribution in [2.75, 3.05) is 18.8 Å². The highest BCUT2D eigenvalue weighted by Gasteiger charge is 2.40. The van der Waals surface area contributed by atoms with Crippen LogP contribution >= 0.6 is 11.3 Å². The summed E-state index contributed by atoms with van der Waals surface area (Å²) < 4.78 is 0. The van der Waals surface area contributed by atoms with Crippen LogP contribution in [0.4, 0.5) is 5.13 Å². The number of H-pyrrole nitrogens is 1. The Morgan fingerprint density at radius 3 is 2.52 bits per heavy atom. The number of benzene rings is 1. The number of nitrogen functional groups attached to an aromatic ring is 1. The Morgan fingerprint density at radius 2 is 1.92 bits per heavy atom. The quantitative estimate of drug-likeness (QED) is 0.760. The molecule has 3 aromatic rings. The van der Waals surface area contributed by atoms with Gasteiger partial charge in [-0.15, -0.1) is 11.3 Å². The standard InChI is InChI=1S/C19H20N4OS/c20-18-22-16(13-25-18)19(14-5-2-1-3-6-14)8-11-23(12-9-19)17(24)15-7-4-10-21-15/h1-7,10,13,21H,8-9,11-12H2,(H2,20,22). The number of aromatic nitrogens is 2. The summed E-state index contributed by atoms with van der Waals surface area (Å²) in [6, 6.07) is 14.1. The van der Waals surface area contributed by atoms with Gasteiger partial charge in [0.05, 0.1) is 5.69 Å². The Bertz CT molecular complexity index is 849. The molecule has 5 nitrogen and oxygen atoms in total. The van der Waals surface area contributed by atoms with Gasteiger partial charge in [-0.2, -0.15) is 0 Å². The molecule has 0 unspecified atom stereocenters. The van der Waals surface area contributed by atoms with Gasteiger partial charge in [0.1, 0.15) is 5.69 Å². The molecule has 0 bridgehead atoms. The zero-order valence-electron chi connectivity index (χ0n) is 13.8. The summed E-state index contributed by atoms with van der Waals surface area (Å²) in [5.74, 6) is 0.0597. The molecule has 1 aliphatic heterocycles. The fourth-order valence-electron chi connectivity index (χ4n) is 3.68. The number of hydrogen-bond donors (Lipinski definition) is 2. The van der Waals surface area contributed by atoms with Crippen molar-refractivity contribution < 1.29 is 4.79 Å². The third-order valence-electron chi connectivity index (χ3n) is 5.07. The second-order valence-electron chi connectivity index (χ2n) is 6.40. The normalized spacial score (nSPS) is 16.7. The molecule has 0 atom stereocenters. The molecule has 0 saturated carbocycles. The van der Waals surface area contributed by atoms with Gasteiger partial charge in [0.25, 0.3) is 5.91 Å². The van der Waals surface area contributed by atoms with E-state index in [1.54, 1.807) is 6.20 Å². The number of anilines is 1. The van der Waals surface area contributed by atoms with Crippen LogP contribution in [0.2, 0.25) is 0 Å². The molecule has 3 heterocycles. The number of nitrogens with two attached hydrogens (primary N) is 1. The lowest BCUT2D eigenvalue weighted by Crippen LogP contribution is -2.46. The number of piperidine rings is 1. The third kappa shape index (κ3) is 2.82. The molecular weight excluding hydrogens is 332 g/mol. The number of carbonyl (C=O) groups excluding carboxylic acids is 1. The highest BCUT2D eigenvalue weighted by atomic mass is 32.1. The van der Waals surface area contributed by atoms with Crippen LogP contribution < -0.4 is 5.73 Å². The smallest absolute Gasteiger partial charge is 0.270 e. The average Bonchev–Trinajstić information content (AvgIpc) is 3.34. The summed E-state index contributed by atoms with van der Waals surface area (Å²) in [5, 5.41) is 2.65. The minimum absolute atomic E-state index is 0.0597. The Kier molecular flexibility index (Phi) is 4.05. The lowest BCUT2D eigenvalue weighted by Gasteiger charge is -2.41. The van der Waals surface area contributed by atoms with Crippen LogP contribution in [-0.2, 0) is 5.41 Å². The second kappa shape index (κ2) is 6.37. The van der Waals surface area contributed by atoms with Crippen molar-refractivity contribution >= 4 is 22.4 Å². The first kappa shape index (κ1) is 15.9. The van der Waals surface area contributed by atoms with E-state index in [4.69, 9.17) is 5.73 Å². The molecule has 1 aromatic carbocycles. The predicted octanol–water partition coefficient (Wildman–Crippen LogP) is 3.28. The number of likely N-dealkylation sites (tertiary alicyclic amines) is 1. The highest BCUT2D eigenvalue weighted by Crippen LogP contribution is 2.42. The van der Waals surface area contributed by atoms with Crippen LogP contribution in [-0.4, -0.2) is 33.9 Å². The molecule has 0 spiro atoms. The van der Waals surface area contributed by atoms with Crippen LogP contribution in [0.5, 0.6) is 0 Å². The van der Waals surface area contributed by atoms with Gasteiger partial charge >= 0.3 is 0 Å². The molecule has 1 amide bonds. The summed E-state index contributed by atoms with van der Waals surface area (Å²) in [5.41, 5.74) is 8.63. The highest BCUT2D eigenvalue weighted by molar-refractivity contribution is 7.13. The Balaban J connectivity index is 1.63. The molecule has 2 aromatic heterocycles. The number of nitrogens with one attached hydrogen (secondary N) is 1. The molecule has 0 aliphatic carbocycles. The zero-order valence-corrected chi connectivity index (χ0v) is 14.6. The molecule has 1 saturated heterocycles. The van der Waals surface area contributed by atoms with Gasteiger partial charge in [0.15, 0.2) is 5.13 Å². The van der Waals surface area contributed by atoms with Gasteiger partial charge in [-0.3, -0.25) is 4.79 Å². The van der Waals surface area contributed by atoms with Crippen LogP contribution in [0.1, 0.15) is 34.6 Å². The number of amides is 1. The van der Waals surface area contributed by atoms with E-state index in [9.17, 15) is 4.79 Å². The van der Waals surface area contributed by atoms with Gasteiger partial charge < -0.3 is 15.6 Å². The maximum absolute atomic E-state index is 12.6. The number of rotatable bonds is 3. The molecule has 3 N–H and O–H groups in total. The van der Waals surface area contributed by atoms with E-state index < -0.39 is 0 Å². The molecule has 25 heavy (non-hydrogen) atoms. The largest absolute Gasteiger partial charge is 0.375 e. The van der Waals surface area contributed by atoms with Gasteiger partial charge in [-0.05, 0) is 30.5 Å². The molecule has 0 radical (unpaired) electrons. The van der Waals surface area contributed by atoms with Gasteiger partial charge in [-0.25, -0.2) is 4.98 Å². The van der Waals surface area contributed by atoms with E-state index in [1.165, 1.54) is 16.9 Å². The van der Waals surface area contributed by atoms with E-state index >= 15 is 0 Å². The van der Waals surface area contributed by atoms with Gasteiger partial charge in [0, 0.05) is 30.1 Å². The van der Waals surface area contributed by atoms with E-state index in [0.29, 0.717) is 23.9 Å². The van der Waals surface area contributed by atoms with Crippen LogP contribution in [0, 0.1) is 0 Å². The molecule has 1 fully saturated rings. The van der Waals surface area contributed by atoms with E-state index in [-0.39, 0.29) is 11.3 Å². The molecular formula is C19H20N4OS. The Morgan fingerprint density at radius 1 is 1.16 bits per heavy atom. The zero-order chi connectivity index (χ0) is 17.3. The number of aromatic amines is 1. The third-order valence-corrected chi connectivity index (χ3v) is 5.75. The Labute approximate surface area is 150 Å². The lowest BCUT2D eigenvalue weighted by molar-refractivity contribution is 0.0679. The van der Waals surface area contributed by atoms with Crippen LogP contribution in [0.25, 0.3) is 0 Å². The summed E-state index contributed by atoms with van der Waals surface area (Å²) in [6.45, 7) is 1.40. The fraction of sp³-hybridized carbons (Fsp3) is 0.263. The number of hydrogen-bond acceptors (Lipinski definition) is 4. The summed E-state index contributed by atoms with van der Waals surface area (Å²) in [7, 11) is 0. The Hall–Kier alpha value is -2.60. The van der Waals surface area contributed by atoms with Crippen molar-refractivity contribution in [2.45, 2.75) is 18.3 Å². The first-order valence-electron chi connectivity index (χ1n) is 8.39. The monoisotopic (exact) mass is 352 g/mol. The first-order chi connectivity index (χ1) is 12.2. The van der Waals surface area contributed by atoms with E-state index in [2.05, 4.69) is 39.6 Å². The topological polar surface area (TPSA) is 75.0 Å². The maximum atomic E-state index is 12.6. The van der Waals surface area contributed by atoms with Crippen molar-refractivity contribution in [1.82, 2.24) is 14.9 Å². The van der Waals surface area contributed by atoms with E-state index in [1.807, 2.05) is 23.1 Å². The SMILES string of the molecule is Nc1nc(C2(c3ccccc3)CCN(C(=O)c3ccc[nH]3)CC2)cs1. The molecule has 128 valence electrons. The van der Waals surface area contributed by atoms with Crippen molar-refractivity contribution in [2.24, 2.45) is 0 Å². The fourth-order valence-corrected chi connectivity index (χ4v) is 4.34. The number of nitrogens with zero attached hydrogens (tertiary/aromatic N) is 2. The summed E-state index contributed by atoms with van der Waals surface area (Å²) >= 11 is 1.48. The maximum Gasteiger partial charge on any atom is 0.270 e. The minimum atomic E-state index is -0.179. The number of thiazole rings is 1. The van der Waals surface area contributed by atoms with Gasteiger partial charge in [-0.1, -0.05) is 30.3 Å². The van der Waals surface area contributed by atoms with E-state index in [0.717, 1.165) is 18.5 Å². The van der Waals surface area contributed by atoms with Crippen molar-refractivity contribution in [3.63, 3.8) is 0 Å². The molecule has 1 aliphatic rings. The molecule has 6 heteroatoms. The second-order valence-corrected chi connectivity index (χ2v) is 7.28.